The molecule has 5 nitrogen and oxygen atoms in total. The fraction of sp³-hybridized carbons (Fsp3) is 0.333. The van der Waals surface area contributed by atoms with Gasteiger partial charge < -0.3 is 15.0 Å². The number of nitrogens with zero attached hydrogens (tertiary/aromatic N) is 1. The first-order valence-corrected chi connectivity index (χ1v) is 8.89. The van der Waals surface area contributed by atoms with Crippen molar-refractivity contribution in [2.45, 2.75) is 26.7 Å². The molecule has 0 saturated heterocycles. The summed E-state index contributed by atoms with van der Waals surface area (Å²) in [6, 6.07) is 12.8. The van der Waals surface area contributed by atoms with Crippen LogP contribution in [-0.2, 0) is 11.2 Å². The first-order valence-electron chi connectivity index (χ1n) is 8.89. The summed E-state index contributed by atoms with van der Waals surface area (Å²) in [6.07, 6.45) is 1.83. The number of rotatable bonds is 4. The van der Waals surface area contributed by atoms with Crippen LogP contribution in [0, 0.1) is 5.92 Å². The van der Waals surface area contributed by atoms with Crippen molar-refractivity contribution in [3.63, 3.8) is 0 Å². The van der Waals surface area contributed by atoms with E-state index < -0.39 is 0 Å². The van der Waals surface area contributed by atoms with Crippen LogP contribution in [0.25, 0.3) is 0 Å². The molecule has 0 radical (unpaired) electrons. The summed E-state index contributed by atoms with van der Waals surface area (Å²) >= 11 is 0. The molecule has 0 fully saturated rings. The molecule has 136 valence electrons. The van der Waals surface area contributed by atoms with E-state index in [1.54, 1.807) is 31.4 Å². The maximum Gasteiger partial charge on any atom is 0.255 e. The molecule has 2 aromatic rings. The van der Waals surface area contributed by atoms with E-state index in [9.17, 15) is 9.59 Å². The third-order valence-electron chi connectivity index (χ3n) is 4.55. The monoisotopic (exact) mass is 352 g/mol. The highest BCUT2D eigenvalue weighted by atomic mass is 16.5. The number of benzene rings is 2. The molecule has 0 atom stereocenters. The van der Waals surface area contributed by atoms with Gasteiger partial charge in [0.1, 0.15) is 5.75 Å². The standard InChI is InChI=1S/C21H24N2O3/c1-14(2)21(25)23-11-5-7-15-12-17(9-10-19(15)23)22-20(24)16-6-4-8-18(13-16)26-3/h4,6,8-10,12-14H,5,7,11H2,1-3H3,(H,22,24). The Morgan fingerprint density at radius 3 is 2.69 bits per heavy atom. The van der Waals surface area contributed by atoms with E-state index >= 15 is 0 Å². The molecule has 0 saturated carbocycles. The lowest BCUT2D eigenvalue weighted by Gasteiger charge is -2.31. The van der Waals surface area contributed by atoms with Crippen LogP contribution in [0.1, 0.15) is 36.2 Å². The Morgan fingerprint density at radius 2 is 1.96 bits per heavy atom. The molecule has 1 aliphatic heterocycles. The molecule has 0 unspecified atom stereocenters. The van der Waals surface area contributed by atoms with Crippen molar-refractivity contribution < 1.29 is 14.3 Å². The highest BCUT2D eigenvalue weighted by molar-refractivity contribution is 6.05. The molecule has 0 aromatic heterocycles. The van der Waals surface area contributed by atoms with Gasteiger partial charge in [-0.05, 0) is 54.8 Å². The minimum atomic E-state index is -0.185. The number of hydrogen-bond acceptors (Lipinski definition) is 3. The molecule has 3 rings (SSSR count). The summed E-state index contributed by atoms with van der Waals surface area (Å²) in [5.74, 6) is 0.563. The summed E-state index contributed by atoms with van der Waals surface area (Å²) < 4.78 is 5.17. The summed E-state index contributed by atoms with van der Waals surface area (Å²) in [5.41, 5.74) is 3.32. The van der Waals surface area contributed by atoms with Crippen molar-refractivity contribution in [1.82, 2.24) is 0 Å². The quantitative estimate of drug-likeness (QED) is 0.908. The van der Waals surface area contributed by atoms with Crippen molar-refractivity contribution in [3.05, 3.63) is 53.6 Å². The Hall–Kier alpha value is -2.82. The molecule has 1 heterocycles. The van der Waals surface area contributed by atoms with Crippen LogP contribution in [0.3, 0.4) is 0 Å². The Labute approximate surface area is 154 Å². The highest BCUT2D eigenvalue weighted by Crippen LogP contribution is 2.31. The van der Waals surface area contributed by atoms with Gasteiger partial charge in [0.05, 0.1) is 7.11 Å². The smallest absolute Gasteiger partial charge is 0.255 e. The first-order chi connectivity index (χ1) is 12.5. The first kappa shape index (κ1) is 18.0. The van der Waals surface area contributed by atoms with Gasteiger partial charge in [0.25, 0.3) is 5.91 Å². The molecule has 5 heteroatoms. The fourth-order valence-electron chi connectivity index (χ4n) is 3.18. The van der Waals surface area contributed by atoms with Crippen molar-refractivity contribution in [1.29, 1.82) is 0 Å². The van der Waals surface area contributed by atoms with Gasteiger partial charge in [0, 0.05) is 29.4 Å². The number of amides is 2. The maximum absolute atomic E-state index is 12.5. The zero-order valence-corrected chi connectivity index (χ0v) is 15.4. The molecule has 2 amide bonds. The topological polar surface area (TPSA) is 58.6 Å². The van der Waals surface area contributed by atoms with Crippen molar-refractivity contribution in [2.75, 3.05) is 23.9 Å². The van der Waals surface area contributed by atoms with Crippen LogP contribution >= 0.6 is 0 Å². The van der Waals surface area contributed by atoms with Crippen LogP contribution in [-0.4, -0.2) is 25.5 Å². The molecule has 1 N–H and O–H groups in total. The Kier molecular flexibility index (Phi) is 5.26. The number of ether oxygens (including phenoxy) is 1. The molecule has 1 aliphatic rings. The molecular weight excluding hydrogens is 328 g/mol. The van der Waals surface area contributed by atoms with Crippen LogP contribution in [0.15, 0.2) is 42.5 Å². The Morgan fingerprint density at radius 1 is 1.15 bits per heavy atom. The van der Waals surface area contributed by atoms with E-state index in [0.717, 1.165) is 36.3 Å². The van der Waals surface area contributed by atoms with Gasteiger partial charge in [-0.1, -0.05) is 19.9 Å². The maximum atomic E-state index is 12.5. The normalized spacial score (nSPS) is 13.3. The van der Waals surface area contributed by atoms with Crippen molar-refractivity contribution in [3.8, 4) is 5.75 Å². The second-order valence-electron chi connectivity index (χ2n) is 6.78. The fourth-order valence-corrected chi connectivity index (χ4v) is 3.18. The number of aryl methyl sites for hydroxylation is 1. The van der Waals surface area contributed by atoms with Crippen LogP contribution in [0.5, 0.6) is 5.75 Å². The average molecular weight is 352 g/mol. The third-order valence-corrected chi connectivity index (χ3v) is 4.55. The summed E-state index contributed by atoms with van der Waals surface area (Å²) in [7, 11) is 1.57. The summed E-state index contributed by atoms with van der Waals surface area (Å²) in [5, 5.41) is 2.93. The van der Waals surface area contributed by atoms with Crippen LogP contribution < -0.4 is 15.0 Å². The SMILES string of the molecule is COc1cccc(C(=O)Nc2ccc3c(c2)CCCN3C(=O)C(C)C)c1. The van der Waals surface area contributed by atoms with E-state index in [4.69, 9.17) is 4.74 Å². The largest absolute Gasteiger partial charge is 0.497 e. The van der Waals surface area contributed by atoms with E-state index in [0.29, 0.717) is 11.3 Å². The van der Waals surface area contributed by atoms with Gasteiger partial charge in [0.15, 0.2) is 0 Å². The number of carbonyl (C=O) groups is 2. The number of methoxy groups -OCH3 is 1. The van der Waals surface area contributed by atoms with Gasteiger partial charge in [-0.25, -0.2) is 0 Å². The number of hydrogen-bond donors (Lipinski definition) is 1. The highest BCUT2D eigenvalue weighted by Gasteiger charge is 2.24. The second kappa shape index (κ2) is 7.60. The summed E-state index contributed by atoms with van der Waals surface area (Å²) in [6.45, 7) is 4.58. The van der Waals surface area contributed by atoms with E-state index in [1.807, 2.05) is 36.9 Å². The predicted molar refractivity (Wildman–Crippen MR) is 103 cm³/mol. The van der Waals surface area contributed by atoms with Gasteiger partial charge >= 0.3 is 0 Å². The molecule has 0 spiro atoms. The lowest BCUT2D eigenvalue weighted by Crippen LogP contribution is -2.38. The van der Waals surface area contributed by atoms with Crippen LogP contribution in [0.2, 0.25) is 0 Å². The third kappa shape index (κ3) is 3.72. The molecule has 26 heavy (non-hydrogen) atoms. The second-order valence-corrected chi connectivity index (χ2v) is 6.78. The molecule has 0 bridgehead atoms. The van der Waals surface area contributed by atoms with E-state index in [2.05, 4.69) is 5.32 Å². The Bertz CT molecular complexity index is 830. The van der Waals surface area contributed by atoms with Gasteiger partial charge in [0.2, 0.25) is 5.91 Å². The molecule has 0 aliphatic carbocycles. The number of anilines is 2. The predicted octanol–water partition coefficient (Wildman–Crippen LogP) is 3.88. The van der Waals surface area contributed by atoms with Crippen LogP contribution in [0.4, 0.5) is 11.4 Å². The number of fused-ring (bicyclic) bond motifs is 1. The zero-order valence-electron chi connectivity index (χ0n) is 15.4. The zero-order chi connectivity index (χ0) is 18.7. The lowest BCUT2D eigenvalue weighted by molar-refractivity contribution is -0.121. The van der Waals surface area contributed by atoms with Gasteiger partial charge in [-0.2, -0.15) is 0 Å². The van der Waals surface area contributed by atoms with Crippen molar-refractivity contribution in [2.24, 2.45) is 5.92 Å². The average Bonchev–Trinajstić information content (AvgIpc) is 2.66. The number of carbonyl (C=O) groups excluding carboxylic acids is 2. The minimum absolute atomic E-state index is 0.0339. The van der Waals surface area contributed by atoms with Gasteiger partial charge in [-0.15, -0.1) is 0 Å². The minimum Gasteiger partial charge on any atom is -0.497 e. The van der Waals surface area contributed by atoms with Gasteiger partial charge in [-0.3, -0.25) is 9.59 Å². The van der Waals surface area contributed by atoms with E-state index in [-0.39, 0.29) is 17.7 Å². The molecular formula is C21H24N2O3. The van der Waals surface area contributed by atoms with Crippen molar-refractivity contribution >= 4 is 23.2 Å². The van der Waals surface area contributed by atoms with E-state index in [1.165, 1.54) is 0 Å². The Balaban J connectivity index is 1.80. The summed E-state index contributed by atoms with van der Waals surface area (Å²) in [4.78, 5) is 26.8. The molecule has 2 aromatic carbocycles. The lowest BCUT2D eigenvalue weighted by atomic mass is 9.99. The number of nitrogens with one attached hydrogen (secondary N) is 1.